The number of thioether (sulfide) groups is 1. The summed E-state index contributed by atoms with van der Waals surface area (Å²) >= 11 is 1.89. The van der Waals surface area contributed by atoms with Crippen LogP contribution < -0.4 is 0 Å². The normalized spacial score (nSPS) is 23.0. The second-order valence-corrected chi connectivity index (χ2v) is 8.21. The van der Waals surface area contributed by atoms with Gasteiger partial charge in [0.2, 0.25) is 11.8 Å². The molecule has 0 aliphatic carbocycles. The lowest BCUT2D eigenvalue weighted by Gasteiger charge is -2.47. The van der Waals surface area contributed by atoms with Crippen molar-refractivity contribution in [3.8, 4) is 0 Å². The molecular weight excluding hydrogens is 302 g/mol. The summed E-state index contributed by atoms with van der Waals surface area (Å²) in [5, 5.41) is 0. The number of likely N-dealkylation sites (N-methyl/N-ethyl adjacent to an activating group) is 1. The lowest BCUT2D eigenvalue weighted by Crippen LogP contribution is -2.61. The lowest BCUT2D eigenvalue weighted by molar-refractivity contribution is -0.137. The summed E-state index contributed by atoms with van der Waals surface area (Å²) in [6.07, 6.45) is 1.66. The maximum atomic E-state index is 12.0. The number of hydrogen-bond donors (Lipinski definition) is 0. The lowest BCUT2D eigenvalue weighted by atomic mass is 9.92. The molecule has 0 aromatic carbocycles. The van der Waals surface area contributed by atoms with E-state index in [0.29, 0.717) is 6.42 Å². The average Bonchev–Trinajstić information content (AvgIpc) is 2.84. The van der Waals surface area contributed by atoms with Crippen LogP contribution in [0, 0.1) is 0 Å². The van der Waals surface area contributed by atoms with Crippen molar-refractivity contribution in [3.63, 3.8) is 0 Å². The van der Waals surface area contributed by atoms with Crippen LogP contribution in [0.3, 0.4) is 0 Å². The highest BCUT2D eigenvalue weighted by molar-refractivity contribution is 8.01. The Morgan fingerprint density at radius 1 is 1.27 bits per heavy atom. The Hall–Kier alpha value is -0.790. The number of nitrogens with zero attached hydrogens (tertiary/aromatic N) is 3. The van der Waals surface area contributed by atoms with E-state index in [0.717, 1.165) is 31.8 Å². The van der Waals surface area contributed by atoms with E-state index in [9.17, 15) is 9.59 Å². The molecule has 7 heteroatoms. The summed E-state index contributed by atoms with van der Waals surface area (Å²) < 4.78 is 5.88. The maximum Gasteiger partial charge on any atom is 0.248 e. The molecule has 1 atom stereocenters. The molecule has 0 aromatic heterocycles. The van der Waals surface area contributed by atoms with Gasteiger partial charge in [0.25, 0.3) is 0 Å². The molecule has 2 aliphatic rings. The van der Waals surface area contributed by atoms with Gasteiger partial charge in [-0.15, -0.1) is 11.8 Å². The molecule has 2 rings (SSSR count). The molecule has 6 nitrogen and oxygen atoms in total. The van der Waals surface area contributed by atoms with Gasteiger partial charge in [0.15, 0.2) is 0 Å². The minimum Gasteiger partial charge on any atom is -0.367 e. The SMILES string of the molecule is CN(C)CCC(=O)N1CC2(CC(OCC(=O)N(C)C)CS2)C1. The first kappa shape index (κ1) is 17.6. The first-order chi connectivity index (χ1) is 10.3. The van der Waals surface area contributed by atoms with Gasteiger partial charge in [-0.3, -0.25) is 9.59 Å². The van der Waals surface area contributed by atoms with Crippen LogP contribution in [0.25, 0.3) is 0 Å². The standard InChI is InChI=1S/C15H27N3O3S/c1-16(2)6-5-13(19)18-10-15(11-18)7-12(9-22-15)21-8-14(20)17(3)4/h12H,5-11H2,1-4H3. The number of amides is 2. The molecule has 0 saturated carbocycles. The molecule has 0 bridgehead atoms. The Bertz CT molecular complexity index is 422. The third-order valence-electron chi connectivity index (χ3n) is 4.20. The molecule has 22 heavy (non-hydrogen) atoms. The van der Waals surface area contributed by atoms with Crippen molar-refractivity contribution in [2.24, 2.45) is 0 Å². The van der Waals surface area contributed by atoms with Crippen LogP contribution in [0.5, 0.6) is 0 Å². The van der Waals surface area contributed by atoms with Gasteiger partial charge in [0.05, 0.1) is 10.9 Å². The predicted molar refractivity (Wildman–Crippen MR) is 88.0 cm³/mol. The molecule has 2 aliphatic heterocycles. The first-order valence-corrected chi connectivity index (χ1v) is 8.68. The zero-order valence-corrected chi connectivity index (χ0v) is 14.8. The molecule has 126 valence electrons. The van der Waals surface area contributed by atoms with Crippen molar-refractivity contribution in [1.29, 1.82) is 0 Å². The molecule has 0 N–H and O–H groups in total. The summed E-state index contributed by atoms with van der Waals surface area (Å²) in [7, 11) is 7.43. The largest absolute Gasteiger partial charge is 0.367 e. The fourth-order valence-electron chi connectivity index (χ4n) is 2.75. The van der Waals surface area contributed by atoms with E-state index in [1.54, 1.807) is 19.0 Å². The van der Waals surface area contributed by atoms with Crippen LogP contribution >= 0.6 is 11.8 Å². The Kier molecular flexibility index (Phi) is 5.74. The second-order valence-electron chi connectivity index (χ2n) is 6.72. The van der Waals surface area contributed by atoms with E-state index in [1.807, 2.05) is 35.7 Å². The van der Waals surface area contributed by atoms with Crippen LogP contribution in [-0.4, -0.2) is 97.5 Å². The van der Waals surface area contributed by atoms with Crippen LogP contribution in [0.2, 0.25) is 0 Å². The third kappa shape index (κ3) is 4.36. The van der Waals surface area contributed by atoms with E-state index in [4.69, 9.17) is 4.74 Å². The maximum absolute atomic E-state index is 12.0. The molecule has 1 unspecified atom stereocenters. The second kappa shape index (κ2) is 7.19. The highest BCUT2D eigenvalue weighted by Crippen LogP contribution is 2.46. The Balaban J connectivity index is 1.69. The molecule has 2 amide bonds. The van der Waals surface area contributed by atoms with Gasteiger partial charge in [-0.05, 0) is 20.5 Å². The van der Waals surface area contributed by atoms with Gasteiger partial charge in [0.1, 0.15) is 6.61 Å². The van der Waals surface area contributed by atoms with E-state index in [1.165, 1.54) is 0 Å². The quantitative estimate of drug-likeness (QED) is 0.693. The third-order valence-corrected chi connectivity index (χ3v) is 5.78. The number of hydrogen-bond acceptors (Lipinski definition) is 5. The van der Waals surface area contributed by atoms with Gasteiger partial charge < -0.3 is 19.4 Å². The number of carbonyl (C=O) groups is 2. The van der Waals surface area contributed by atoms with Crippen molar-refractivity contribution in [1.82, 2.24) is 14.7 Å². The van der Waals surface area contributed by atoms with Crippen molar-refractivity contribution < 1.29 is 14.3 Å². The monoisotopic (exact) mass is 329 g/mol. The van der Waals surface area contributed by atoms with E-state index in [-0.39, 0.29) is 29.3 Å². The van der Waals surface area contributed by atoms with Crippen LogP contribution in [0.15, 0.2) is 0 Å². The van der Waals surface area contributed by atoms with E-state index in [2.05, 4.69) is 0 Å². The number of ether oxygens (including phenoxy) is 1. The Morgan fingerprint density at radius 3 is 2.55 bits per heavy atom. The van der Waals surface area contributed by atoms with Crippen molar-refractivity contribution in [2.75, 3.05) is 60.2 Å². The summed E-state index contributed by atoms with van der Waals surface area (Å²) in [5.74, 6) is 1.16. The zero-order chi connectivity index (χ0) is 16.3. The molecule has 2 saturated heterocycles. The Labute approximate surface area is 137 Å². The zero-order valence-electron chi connectivity index (χ0n) is 14.0. The number of likely N-dealkylation sites (tertiary alicyclic amines) is 1. The van der Waals surface area contributed by atoms with Gasteiger partial charge in [-0.25, -0.2) is 0 Å². The first-order valence-electron chi connectivity index (χ1n) is 7.69. The summed E-state index contributed by atoms with van der Waals surface area (Å²) in [5.41, 5.74) is 0. The fraction of sp³-hybridized carbons (Fsp3) is 0.867. The summed E-state index contributed by atoms with van der Waals surface area (Å²) in [6, 6.07) is 0. The van der Waals surface area contributed by atoms with E-state index >= 15 is 0 Å². The van der Waals surface area contributed by atoms with E-state index < -0.39 is 0 Å². The van der Waals surface area contributed by atoms with Crippen LogP contribution in [-0.2, 0) is 14.3 Å². The molecular formula is C15H27N3O3S. The minimum atomic E-state index is 0.0000455. The highest BCUT2D eigenvalue weighted by atomic mass is 32.2. The molecule has 2 heterocycles. The topological polar surface area (TPSA) is 53.1 Å². The average molecular weight is 329 g/mol. The molecule has 1 spiro atoms. The number of carbonyl (C=O) groups excluding carboxylic acids is 2. The number of rotatable bonds is 6. The smallest absolute Gasteiger partial charge is 0.248 e. The van der Waals surface area contributed by atoms with Gasteiger partial charge in [0, 0.05) is 45.9 Å². The van der Waals surface area contributed by atoms with Gasteiger partial charge >= 0.3 is 0 Å². The van der Waals surface area contributed by atoms with Crippen molar-refractivity contribution in [3.05, 3.63) is 0 Å². The molecule has 0 radical (unpaired) electrons. The van der Waals surface area contributed by atoms with Crippen LogP contribution in [0.4, 0.5) is 0 Å². The summed E-state index contributed by atoms with van der Waals surface area (Å²) in [6.45, 7) is 2.60. The highest BCUT2D eigenvalue weighted by Gasteiger charge is 2.50. The van der Waals surface area contributed by atoms with Crippen molar-refractivity contribution in [2.45, 2.75) is 23.7 Å². The molecule has 0 aromatic rings. The Morgan fingerprint density at radius 2 is 1.95 bits per heavy atom. The van der Waals surface area contributed by atoms with Gasteiger partial charge in [-0.2, -0.15) is 0 Å². The molecule has 2 fully saturated rings. The minimum absolute atomic E-state index is 0.0000455. The van der Waals surface area contributed by atoms with Crippen LogP contribution in [0.1, 0.15) is 12.8 Å². The fourth-order valence-corrected chi connectivity index (χ4v) is 4.30. The van der Waals surface area contributed by atoms with Gasteiger partial charge in [-0.1, -0.05) is 0 Å². The van der Waals surface area contributed by atoms with Crippen molar-refractivity contribution >= 4 is 23.6 Å². The predicted octanol–water partition coefficient (Wildman–Crippen LogP) is 0.129. The summed E-state index contributed by atoms with van der Waals surface area (Å²) in [4.78, 5) is 29.1.